The molecule has 2 heterocycles. The lowest BCUT2D eigenvalue weighted by molar-refractivity contribution is -0.131. The van der Waals surface area contributed by atoms with Gasteiger partial charge in [0, 0.05) is 56.2 Å². The molecule has 0 fully saturated rings. The van der Waals surface area contributed by atoms with Crippen LogP contribution in [0.1, 0.15) is 23.7 Å². The first kappa shape index (κ1) is 26.0. The van der Waals surface area contributed by atoms with Gasteiger partial charge in [-0.25, -0.2) is 4.98 Å². The molecule has 0 atom stereocenters. The van der Waals surface area contributed by atoms with Gasteiger partial charge in [0.1, 0.15) is 23.6 Å². The maximum atomic E-state index is 12.2. The number of aromatic nitrogens is 2. The first-order valence-electron chi connectivity index (χ1n) is 11.3. The van der Waals surface area contributed by atoms with Gasteiger partial charge in [0.25, 0.3) is 5.91 Å². The number of pyridine rings is 2. The first-order chi connectivity index (χ1) is 16.8. The van der Waals surface area contributed by atoms with Crippen molar-refractivity contribution in [3.63, 3.8) is 0 Å². The van der Waals surface area contributed by atoms with E-state index in [1.807, 2.05) is 57.1 Å². The molecule has 1 amide bonds. The summed E-state index contributed by atoms with van der Waals surface area (Å²) in [5.74, 6) is 0.888. The lowest BCUT2D eigenvalue weighted by Crippen LogP contribution is -2.31. The Morgan fingerprint density at radius 2 is 1.94 bits per heavy atom. The molecule has 7 nitrogen and oxygen atoms in total. The van der Waals surface area contributed by atoms with Crippen LogP contribution in [0.3, 0.4) is 0 Å². The molecule has 0 N–H and O–H groups in total. The number of carbonyl (C=O) groups is 1. The average Bonchev–Trinajstić information content (AvgIpc) is 2.84. The Kier molecular flexibility index (Phi) is 8.71. The SMILES string of the molecule is C=C/C=C(/c1cc(C)nc2c(OCc3c(Cl)cncc3OCC(=O)N(C)CC)cccc12)N(C)C. The molecule has 0 aliphatic carbocycles. The Balaban J connectivity index is 1.94. The molecular formula is C27H31ClN4O3. The molecular weight excluding hydrogens is 464 g/mol. The van der Waals surface area contributed by atoms with Gasteiger partial charge in [0.15, 0.2) is 6.61 Å². The molecule has 184 valence electrons. The van der Waals surface area contributed by atoms with Gasteiger partial charge in [-0.15, -0.1) is 0 Å². The topological polar surface area (TPSA) is 67.8 Å². The van der Waals surface area contributed by atoms with Gasteiger partial charge in [-0.1, -0.05) is 36.4 Å². The number of carbonyl (C=O) groups excluding carboxylic acids is 1. The summed E-state index contributed by atoms with van der Waals surface area (Å²) in [5.41, 5.74) is 4.27. The lowest BCUT2D eigenvalue weighted by atomic mass is 10.0. The summed E-state index contributed by atoms with van der Waals surface area (Å²) in [7, 11) is 5.71. The smallest absolute Gasteiger partial charge is 0.260 e. The molecule has 0 aliphatic heterocycles. The fourth-order valence-corrected chi connectivity index (χ4v) is 3.76. The van der Waals surface area contributed by atoms with E-state index in [0.29, 0.717) is 28.6 Å². The molecule has 0 saturated carbocycles. The van der Waals surface area contributed by atoms with Gasteiger partial charge in [0.2, 0.25) is 0 Å². The second-order valence-electron chi connectivity index (χ2n) is 8.23. The number of hydrogen-bond donors (Lipinski definition) is 0. The van der Waals surface area contributed by atoms with E-state index >= 15 is 0 Å². The van der Waals surface area contributed by atoms with E-state index in [4.69, 9.17) is 26.1 Å². The van der Waals surface area contributed by atoms with Crippen LogP contribution >= 0.6 is 11.6 Å². The van der Waals surface area contributed by atoms with Crippen LogP contribution in [0.15, 0.2) is 55.4 Å². The Labute approximate surface area is 211 Å². The van der Waals surface area contributed by atoms with Crippen molar-refractivity contribution in [3.05, 3.63) is 77.2 Å². The highest BCUT2D eigenvalue weighted by atomic mass is 35.5. The number of amides is 1. The number of likely N-dealkylation sites (N-methyl/N-ethyl adjacent to an activating group) is 1. The fraction of sp³-hybridized carbons (Fsp3) is 0.296. The third-order valence-corrected chi connectivity index (χ3v) is 5.88. The van der Waals surface area contributed by atoms with Crippen LogP contribution in [-0.4, -0.2) is 60.0 Å². The van der Waals surface area contributed by atoms with E-state index in [1.165, 1.54) is 12.4 Å². The molecule has 0 unspecified atom stereocenters. The zero-order chi connectivity index (χ0) is 25.5. The lowest BCUT2D eigenvalue weighted by Gasteiger charge is -2.20. The largest absolute Gasteiger partial charge is 0.486 e. The summed E-state index contributed by atoms with van der Waals surface area (Å²) in [6, 6.07) is 7.89. The number of aryl methyl sites for hydroxylation is 1. The molecule has 0 saturated heterocycles. The molecule has 0 aliphatic rings. The Hall–Kier alpha value is -3.58. The van der Waals surface area contributed by atoms with E-state index in [2.05, 4.69) is 17.6 Å². The summed E-state index contributed by atoms with van der Waals surface area (Å²) in [5, 5.41) is 1.35. The highest BCUT2D eigenvalue weighted by Gasteiger charge is 2.16. The minimum atomic E-state index is -0.134. The molecule has 0 spiro atoms. The molecule has 1 aromatic carbocycles. The Morgan fingerprint density at radius 3 is 2.63 bits per heavy atom. The van der Waals surface area contributed by atoms with E-state index < -0.39 is 0 Å². The van der Waals surface area contributed by atoms with Crippen molar-refractivity contribution >= 4 is 34.1 Å². The van der Waals surface area contributed by atoms with Crippen LogP contribution in [0.2, 0.25) is 5.02 Å². The second kappa shape index (κ2) is 11.7. The standard InChI is InChI=1S/C27H31ClN4O3/c1-7-10-23(31(4)5)20-13-18(3)30-27-19(20)11-9-12-24(27)34-16-21-22(28)14-29-15-25(21)35-17-26(33)32(6)8-2/h7,9-15H,1,8,16-17H2,2-6H3/b23-10-. The van der Waals surface area contributed by atoms with Crippen LogP contribution in [-0.2, 0) is 11.4 Å². The second-order valence-corrected chi connectivity index (χ2v) is 8.64. The number of ether oxygens (including phenoxy) is 2. The molecule has 2 aromatic heterocycles. The van der Waals surface area contributed by atoms with E-state index in [0.717, 1.165) is 27.9 Å². The number of rotatable bonds is 10. The number of halogens is 1. The highest BCUT2D eigenvalue weighted by Crippen LogP contribution is 2.33. The van der Waals surface area contributed by atoms with Gasteiger partial charge in [-0.2, -0.15) is 0 Å². The molecule has 3 aromatic rings. The van der Waals surface area contributed by atoms with Gasteiger partial charge in [-0.3, -0.25) is 9.78 Å². The maximum absolute atomic E-state index is 12.2. The van der Waals surface area contributed by atoms with E-state index in [9.17, 15) is 4.79 Å². The molecule has 0 bridgehead atoms. The normalized spacial score (nSPS) is 11.3. The molecule has 35 heavy (non-hydrogen) atoms. The van der Waals surface area contributed by atoms with E-state index in [-0.39, 0.29) is 19.1 Å². The van der Waals surface area contributed by atoms with Crippen LogP contribution in [0.5, 0.6) is 11.5 Å². The van der Waals surface area contributed by atoms with Gasteiger partial charge >= 0.3 is 0 Å². The molecule has 8 heteroatoms. The van der Waals surface area contributed by atoms with Crippen LogP contribution in [0.4, 0.5) is 0 Å². The molecule has 3 rings (SSSR count). The molecule has 0 radical (unpaired) electrons. The minimum absolute atomic E-state index is 0.110. The Morgan fingerprint density at radius 1 is 1.17 bits per heavy atom. The third-order valence-electron chi connectivity index (χ3n) is 5.55. The predicted molar refractivity (Wildman–Crippen MR) is 141 cm³/mol. The predicted octanol–water partition coefficient (Wildman–Crippen LogP) is 5.12. The van der Waals surface area contributed by atoms with Crippen molar-refractivity contribution < 1.29 is 14.3 Å². The van der Waals surface area contributed by atoms with Gasteiger partial charge < -0.3 is 19.3 Å². The summed E-state index contributed by atoms with van der Waals surface area (Å²) in [6.07, 6.45) is 6.81. The summed E-state index contributed by atoms with van der Waals surface area (Å²) >= 11 is 6.42. The van der Waals surface area contributed by atoms with Crippen molar-refractivity contribution in [1.29, 1.82) is 0 Å². The monoisotopic (exact) mass is 494 g/mol. The number of benzene rings is 1. The number of para-hydroxylation sites is 1. The number of allylic oxidation sites excluding steroid dienone is 2. The quantitative estimate of drug-likeness (QED) is 0.364. The van der Waals surface area contributed by atoms with Gasteiger partial charge in [-0.05, 0) is 32.1 Å². The zero-order valence-corrected chi connectivity index (χ0v) is 21.6. The number of hydrogen-bond acceptors (Lipinski definition) is 6. The van der Waals surface area contributed by atoms with Gasteiger partial charge in [0.05, 0.1) is 16.8 Å². The van der Waals surface area contributed by atoms with E-state index in [1.54, 1.807) is 18.0 Å². The number of fused-ring (bicyclic) bond motifs is 1. The third kappa shape index (κ3) is 6.11. The first-order valence-corrected chi connectivity index (χ1v) is 11.7. The van der Waals surface area contributed by atoms with Crippen molar-refractivity contribution in [2.24, 2.45) is 0 Å². The van der Waals surface area contributed by atoms with Crippen molar-refractivity contribution in [2.45, 2.75) is 20.5 Å². The van der Waals surface area contributed by atoms with Crippen molar-refractivity contribution in [1.82, 2.24) is 19.8 Å². The summed E-state index contributed by atoms with van der Waals surface area (Å²) in [4.78, 5) is 24.7. The van der Waals surface area contributed by atoms with Crippen molar-refractivity contribution in [3.8, 4) is 11.5 Å². The summed E-state index contributed by atoms with van der Waals surface area (Å²) < 4.78 is 12.0. The number of nitrogens with zero attached hydrogens (tertiary/aromatic N) is 4. The fourth-order valence-electron chi connectivity index (χ4n) is 3.55. The average molecular weight is 495 g/mol. The van der Waals surface area contributed by atoms with Crippen LogP contribution in [0.25, 0.3) is 16.6 Å². The van der Waals surface area contributed by atoms with Crippen LogP contribution < -0.4 is 9.47 Å². The zero-order valence-electron chi connectivity index (χ0n) is 20.8. The Bertz CT molecular complexity index is 1260. The van der Waals surface area contributed by atoms with Crippen molar-refractivity contribution in [2.75, 3.05) is 34.3 Å². The highest BCUT2D eigenvalue weighted by molar-refractivity contribution is 6.31. The maximum Gasteiger partial charge on any atom is 0.260 e. The minimum Gasteiger partial charge on any atom is -0.486 e. The van der Waals surface area contributed by atoms with Crippen LogP contribution in [0, 0.1) is 6.92 Å². The summed E-state index contributed by atoms with van der Waals surface area (Å²) in [6.45, 7) is 8.32.